The van der Waals surface area contributed by atoms with Crippen LogP contribution in [0.15, 0.2) is 17.0 Å². The number of thiol groups is 1. The van der Waals surface area contributed by atoms with Gasteiger partial charge < -0.3 is 10.2 Å². The van der Waals surface area contributed by atoms with Crippen molar-refractivity contribution in [2.45, 2.75) is 11.8 Å². The number of rotatable bonds is 0. The van der Waals surface area contributed by atoms with E-state index in [4.69, 9.17) is 10.2 Å². The Bertz CT molecular complexity index is 231. The summed E-state index contributed by atoms with van der Waals surface area (Å²) in [7, 11) is 0. The molecule has 0 saturated heterocycles. The summed E-state index contributed by atoms with van der Waals surface area (Å²) in [5.41, 5.74) is 0.600. The fourth-order valence-electron chi connectivity index (χ4n) is 0.675. The Morgan fingerprint density at radius 3 is 2.20 bits per heavy atom. The van der Waals surface area contributed by atoms with Crippen molar-refractivity contribution >= 4 is 12.6 Å². The van der Waals surface area contributed by atoms with Crippen molar-refractivity contribution in [3.63, 3.8) is 0 Å². The van der Waals surface area contributed by atoms with E-state index in [0.29, 0.717) is 10.5 Å². The number of hydrogen-bond acceptors (Lipinski definition) is 3. The quantitative estimate of drug-likeness (QED) is 0.395. The van der Waals surface area contributed by atoms with E-state index in [9.17, 15) is 0 Å². The molecule has 0 radical (unpaired) electrons. The van der Waals surface area contributed by atoms with Gasteiger partial charge in [0.05, 0.1) is 4.90 Å². The van der Waals surface area contributed by atoms with Gasteiger partial charge in [0.1, 0.15) is 11.5 Å². The summed E-state index contributed by atoms with van der Waals surface area (Å²) in [6, 6.07) is 2.84. The smallest absolute Gasteiger partial charge is 0.129 e. The summed E-state index contributed by atoms with van der Waals surface area (Å²) in [4.78, 5) is 0.431. The van der Waals surface area contributed by atoms with E-state index in [1.54, 1.807) is 6.92 Å². The van der Waals surface area contributed by atoms with Crippen LogP contribution < -0.4 is 0 Å². The molecule has 2 nitrogen and oxygen atoms in total. The highest BCUT2D eigenvalue weighted by Gasteiger charge is 2.03. The molecular weight excluding hydrogens is 148 g/mol. The number of benzene rings is 1. The Labute approximate surface area is 64.5 Å². The average molecular weight is 156 g/mol. The molecule has 10 heavy (non-hydrogen) atoms. The van der Waals surface area contributed by atoms with Gasteiger partial charge in [0.25, 0.3) is 0 Å². The topological polar surface area (TPSA) is 40.5 Å². The lowest BCUT2D eigenvalue weighted by atomic mass is 10.2. The van der Waals surface area contributed by atoms with Crippen LogP contribution in [0, 0.1) is 6.92 Å². The molecule has 1 aromatic rings. The molecule has 2 N–H and O–H groups in total. The maximum Gasteiger partial charge on any atom is 0.129 e. The first-order chi connectivity index (χ1) is 4.63. The first-order valence-electron chi connectivity index (χ1n) is 2.83. The van der Waals surface area contributed by atoms with Crippen LogP contribution in [0.3, 0.4) is 0 Å². The van der Waals surface area contributed by atoms with Crippen molar-refractivity contribution < 1.29 is 10.2 Å². The molecule has 0 atom stereocenters. The van der Waals surface area contributed by atoms with Crippen LogP contribution in [-0.2, 0) is 0 Å². The summed E-state index contributed by atoms with van der Waals surface area (Å²) in [6.45, 7) is 1.69. The molecular formula is C7H8O2S. The zero-order valence-electron chi connectivity index (χ0n) is 5.50. The molecule has 0 aromatic heterocycles. The molecule has 1 rings (SSSR count). The molecule has 54 valence electrons. The monoisotopic (exact) mass is 156 g/mol. The standard InChI is InChI=1S/C7H8O2S/c1-4-5(8)2-3-6(9)7(4)10/h2-3,8-10H,1H3. The molecule has 0 unspecified atom stereocenters. The lowest BCUT2D eigenvalue weighted by molar-refractivity contribution is 0.445. The van der Waals surface area contributed by atoms with Gasteiger partial charge in [-0.25, -0.2) is 0 Å². The van der Waals surface area contributed by atoms with Gasteiger partial charge in [-0.1, -0.05) is 0 Å². The van der Waals surface area contributed by atoms with Crippen molar-refractivity contribution in [3.05, 3.63) is 17.7 Å². The Morgan fingerprint density at radius 2 is 1.70 bits per heavy atom. The van der Waals surface area contributed by atoms with Crippen LogP contribution in [0.5, 0.6) is 11.5 Å². The van der Waals surface area contributed by atoms with Crippen molar-refractivity contribution in [3.8, 4) is 11.5 Å². The number of phenols is 2. The van der Waals surface area contributed by atoms with Gasteiger partial charge in [-0.05, 0) is 19.1 Å². The van der Waals surface area contributed by atoms with Gasteiger partial charge in [0.2, 0.25) is 0 Å². The molecule has 0 aliphatic rings. The molecule has 0 aliphatic carbocycles. The lowest BCUT2D eigenvalue weighted by Gasteiger charge is -2.02. The molecule has 0 spiro atoms. The van der Waals surface area contributed by atoms with Gasteiger partial charge >= 0.3 is 0 Å². The third-order valence-electron chi connectivity index (χ3n) is 1.38. The van der Waals surface area contributed by atoms with E-state index < -0.39 is 0 Å². The van der Waals surface area contributed by atoms with Crippen LogP contribution in [-0.4, -0.2) is 10.2 Å². The molecule has 0 amide bonds. The Balaban J connectivity index is 3.34. The minimum absolute atomic E-state index is 0.0960. The first-order valence-corrected chi connectivity index (χ1v) is 3.28. The largest absolute Gasteiger partial charge is 0.508 e. The fraction of sp³-hybridized carbons (Fsp3) is 0.143. The SMILES string of the molecule is Cc1c(O)ccc(O)c1S. The van der Waals surface area contributed by atoms with Gasteiger partial charge in [-0.15, -0.1) is 12.6 Å². The van der Waals surface area contributed by atoms with Crippen LogP contribution in [0.1, 0.15) is 5.56 Å². The number of aromatic hydroxyl groups is 2. The van der Waals surface area contributed by atoms with Gasteiger partial charge in [0.15, 0.2) is 0 Å². The minimum atomic E-state index is 0.0960. The third kappa shape index (κ3) is 1.04. The van der Waals surface area contributed by atoms with Crippen LogP contribution in [0.4, 0.5) is 0 Å². The van der Waals surface area contributed by atoms with Gasteiger partial charge in [0, 0.05) is 5.56 Å². The van der Waals surface area contributed by atoms with Crippen molar-refractivity contribution in [1.82, 2.24) is 0 Å². The highest BCUT2D eigenvalue weighted by molar-refractivity contribution is 7.80. The van der Waals surface area contributed by atoms with Crippen molar-refractivity contribution in [2.24, 2.45) is 0 Å². The zero-order valence-corrected chi connectivity index (χ0v) is 6.39. The first kappa shape index (κ1) is 7.28. The highest BCUT2D eigenvalue weighted by atomic mass is 32.1. The summed E-state index contributed by atoms with van der Waals surface area (Å²) in [6.07, 6.45) is 0. The molecule has 1 aromatic carbocycles. The van der Waals surface area contributed by atoms with Gasteiger partial charge in [-0.2, -0.15) is 0 Å². The van der Waals surface area contributed by atoms with Crippen molar-refractivity contribution in [2.75, 3.05) is 0 Å². The molecule has 0 saturated carbocycles. The molecule has 3 heteroatoms. The second kappa shape index (κ2) is 2.42. The predicted molar refractivity (Wildman–Crippen MR) is 41.8 cm³/mol. The summed E-state index contributed by atoms with van der Waals surface area (Å²) in [5, 5.41) is 18.1. The van der Waals surface area contributed by atoms with E-state index in [2.05, 4.69) is 12.6 Å². The van der Waals surface area contributed by atoms with Crippen molar-refractivity contribution in [1.29, 1.82) is 0 Å². The predicted octanol–water partition coefficient (Wildman–Crippen LogP) is 1.69. The molecule has 0 heterocycles. The lowest BCUT2D eigenvalue weighted by Crippen LogP contribution is -1.77. The van der Waals surface area contributed by atoms with E-state index in [1.165, 1.54) is 12.1 Å². The Morgan fingerprint density at radius 1 is 1.20 bits per heavy atom. The zero-order chi connectivity index (χ0) is 7.72. The fourth-order valence-corrected chi connectivity index (χ4v) is 0.864. The van der Waals surface area contributed by atoms with E-state index in [-0.39, 0.29) is 11.5 Å². The highest BCUT2D eigenvalue weighted by Crippen LogP contribution is 2.30. The maximum atomic E-state index is 9.06. The number of hydrogen-bond donors (Lipinski definition) is 3. The normalized spacial score (nSPS) is 9.80. The third-order valence-corrected chi connectivity index (χ3v) is 1.95. The molecule has 0 aliphatic heterocycles. The minimum Gasteiger partial charge on any atom is -0.508 e. The maximum absolute atomic E-state index is 9.06. The Kier molecular flexibility index (Phi) is 1.76. The van der Waals surface area contributed by atoms with Crippen LogP contribution in [0.25, 0.3) is 0 Å². The molecule has 0 fully saturated rings. The van der Waals surface area contributed by atoms with E-state index in [0.717, 1.165) is 0 Å². The second-order valence-electron chi connectivity index (χ2n) is 2.08. The van der Waals surface area contributed by atoms with Crippen LogP contribution >= 0.6 is 12.6 Å². The summed E-state index contributed by atoms with van der Waals surface area (Å²) >= 11 is 3.97. The van der Waals surface area contributed by atoms with E-state index in [1.807, 2.05) is 0 Å². The summed E-state index contributed by atoms with van der Waals surface area (Å²) < 4.78 is 0. The molecule has 0 bridgehead atoms. The van der Waals surface area contributed by atoms with Gasteiger partial charge in [-0.3, -0.25) is 0 Å². The Hall–Kier alpha value is -0.830. The van der Waals surface area contributed by atoms with Crippen LogP contribution in [0.2, 0.25) is 0 Å². The summed E-state index contributed by atoms with van der Waals surface area (Å²) in [5.74, 6) is 0.251. The number of phenolic OH excluding ortho intramolecular Hbond substituents is 2. The average Bonchev–Trinajstić information content (AvgIpc) is 1.93. The van der Waals surface area contributed by atoms with E-state index >= 15 is 0 Å². The second-order valence-corrected chi connectivity index (χ2v) is 2.52.